The van der Waals surface area contributed by atoms with Crippen LogP contribution in [0.5, 0.6) is 5.75 Å². The van der Waals surface area contributed by atoms with Crippen molar-refractivity contribution in [3.05, 3.63) is 64.2 Å². The second-order valence-corrected chi connectivity index (χ2v) is 8.43. The molecule has 0 saturated heterocycles. The van der Waals surface area contributed by atoms with Crippen LogP contribution in [-0.2, 0) is 16.4 Å². The molecule has 2 aromatic rings. The summed E-state index contributed by atoms with van der Waals surface area (Å²) in [6.45, 7) is -1.12. The molecule has 0 N–H and O–H groups in total. The molecule has 0 aliphatic heterocycles. The van der Waals surface area contributed by atoms with Crippen LogP contribution < -0.4 is 4.74 Å². The molecule has 0 atom stereocenters. The molecule has 0 unspecified atom stereocenters. The summed E-state index contributed by atoms with van der Waals surface area (Å²) in [6, 6.07) is 4.96. The molecule has 2 rings (SSSR count). The fraction of sp³-hybridized carbons (Fsp3) is 0.235. The van der Waals surface area contributed by atoms with Gasteiger partial charge in [0, 0.05) is 14.1 Å². The van der Waals surface area contributed by atoms with Crippen molar-refractivity contribution >= 4 is 27.7 Å². The standard InChI is InChI=1S/C17H14ClF5N2O4S/c1-24(2)30(27,28)25(16(26)11-4-3-5-14(19)15(11)20)9-29-10-6-7-13(18)12(8-10)17(21,22)23/h3-8H,9H2,1-2H3. The van der Waals surface area contributed by atoms with Crippen molar-refractivity contribution in [2.24, 2.45) is 0 Å². The zero-order chi connectivity index (χ0) is 22.9. The average molecular weight is 473 g/mol. The number of hydrogen-bond donors (Lipinski definition) is 0. The number of carbonyl (C=O) groups is 1. The molecule has 164 valence electrons. The maximum Gasteiger partial charge on any atom is 0.417 e. The first kappa shape index (κ1) is 23.8. The molecule has 13 heteroatoms. The van der Waals surface area contributed by atoms with Crippen LogP contribution in [0.2, 0.25) is 5.02 Å². The van der Waals surface area contributed by atoms with Crippen LogP contribution in [0.4, 0.5) is 22.0 Å². The zero-order valence-corrected chi connectivity index (χ0v) is 16.9. The third kappa shape index (κ3) is 4.99. The number of halogens is 6. The van der Waals surface area contributed by atoms with Gasteiger partial charge in [-0.05, 0) is 30.3 Å². The van der Waals surface area contributed by atoms with E-state index < -0.39 is 62.6 Å². The number of benzene rings is 2. The highest BCUT2D eigenvalue weighted by molar-refractivity contribution is 7.87. The van der Waals surface area contributed by atoms with Crippen LogP contribution >= 0.6 is 11.6 Å². The van der Waals surface area contributed by atoms with Crippen molar-refractivity contribution in [2.45, 2.75) is 6.18 Å². The van der Waals surface area contributed by atoms with Gasteiger partial charge in [-0.15, -0.1) is 0 Å². The van der Waals surface area contributed by atoms with E-state index >= 15 is 0 Å². The average Bonchev–Trinajstić information content (AvgIpc) is 2.64. The highest BCUT2D eigenvalue weighted by atomic mass is 35.5. The van der Waals surface area contributed by atoms with Crippen molar-refractivity contribution in [1.29, 1.82) is 0 Å². The Balaban J connectivity index is 2.41. The number of ether oxygens (including phenoxy) is 1. The Morgan fingerprint density at radius 2 is 1.77 bits per heavy atom. The molecule has 1 amide bonds. The number of carbonyl (C=O) groups excluding carboxylic acids is 1. The first-order chi connectivity index (χ1) is 13.8. The monoisotopic (exact) mass is 472 g/mol. The van der Waals surface area contributed by atoms with Crippen molar-refractivity contribution in [1.82, 2.24) is 8.61 Å². The largest absolute Gasteiger partial charge is 0.472 e. The van der Waals surface area contributed by atoms with Crippen LogP contribution in [0.3, 0.4) is 0 Å². The predicted octanol–water partition coefficient (Wildman–Crippen LogP) is 3.92. The summed E-state index contributed by atoms with van der Waals surface area (Å²) in [5.41, 5.74) is -2.15. The first-order valence-electron chi connectivity index (χ1n) is 7.95. The Morgan fingerprint density at radius 3 is 2.33 bits per heavy atom. The normalized spacial score (nSPS) is 12.2. The topological polar surface area (TPSA) is 66.9 Å². The van der Waals surface area contributed by atoms with E-state index in [9.17, 15) is 35.2 Å². The van der Waals surface area contributed by atoms with Crippen LogP contribution in [-0.4, -0.2) is 43.8 Å². The Hall–Kier alpha value is -2.44. The van der Waals surface area contributed by atoms with E-state index in [2.05, 4.69) is 0 Å². The smallest absolute Gasteiger partial charge is 0.417 e. The van der Waals surface area contributed by atoms with E-state index in [1.165, 1.54) is 0 Å². The van der Waals surface area contributed by atoms with Crippen LogP contribution in [0.25, 0.3) is 0 Å². The molecule has 0 heterocycles. The number of hydrogen-bond acceptors (Lipinski definition) is 4. The predicted molar refractivity (Wildman–Crippen MR) is 97.1 cm³/mol. The molecule has 6 nitrogen and oxygen atoms in total. The molecular weight excluding hydrogens is 459 g/mol. The Morgan fingerprint density at radius 1 is 1.13 bits per heavy atom. The third-order valence-electron chi connectivity index (χ3n) is 3.74. The molecule has 0 aliphatic rings. The highest BCUT2D eigenvalue weighted by Gasteiger charge is 2.35. The van der Waals surface area contributed by atoms with Gasteiger partial charge in [0.2, 0.25) is 0 Å². The summed E-state index contributed by atoms with van der Waals surface area (Å²) >= 11 is 5.50. The Bertz CT molecular complexity index is 1060. The van der Waals surface area contributed by atoms with E-state index in [0.717, 1.165) is 44.4 Å². The van der Waals surface area contributed by atoms with Gasteiger partial charge in [0.05, 0.1) is 16.1 Å². The quantitative estimate of drug-likeness (QED) is 0.472. The minimum absolute atomic E-state index is 0.0483. The molecule has 0 saturated carbocycles. The summed E-state index contributed by atoms with van der Waals surface area (Å²) in [5, 5.41) is -0.620. The molecule has 0 spiro atoms. The molecule has 2 aromatic carbocycles. The summed E-state index contributed by atoms with van der Waals surface area (Å²) < 4.78 is 97.0. The molecule has 0 fully saturated rings. The van der Waals surface area contributed by atoms with Crippen molar-refractivity contribution in [3.63, 3.8) is 0 Å². The van der Waals surface area contributed by atoms with Gasteiger partial charge < -0.3 is 4.74 Å². The molecular formula is C17H14ClF5N2O4S. The molecule has 30 heavy (non-hydrogen) atoms. The van der Waals surface area contributed by atoms with Gasteiger partial charge >= 0.3 is 16.4 Å². The molecule has 0 aromatic heterocycles. The summed E-state index contributed by atoms with van der Waals surface area (Å²) in [5.74, 6) is -4.92. The lowest BCUT2D eigenvalue weighted by Gasteiger charge is -2.26. The van der Waals surface area contributed by atoms with Crippen molar-refractivity contribution in [2.75, 3.05) is 20.8 Å². The van der Waals surface area contributed by atoms with E-state index in [4.69, 9.17) is 16.3 Å². The SMILES string of the molecule is CN(C)S(=O)(=O)N(COc1ccc(Cl)c(C(F)(F)F)c1)C(=O)c1cccc(F)c1F. The Kier molecular flexibility index (Phi) is 6.94. The van der Waals surface area contributed by atoms with Gasteiger partial charge in [-0.2, -0.15) is 30.2 Å². The van der Waals surface area contributed by atoms with Gasteiger partial charge in [0.1, 0.15) is 5.75 Å². The van der Waals surface area contributed by atoms with Gasteiger partial charge in [-0.3, -0.25) is 4.79 Å². The van der Waals surface area contributed by atoms with Gasteiger partial charge in [-0.25, -0.2) is 8.78 Å². The maximum atomic E-state index is 14.0. The summed E-state index contributed by atoms with van der Waals surface area (Å²) in [7, 11) is -2.46. The van der Waals surface area contributed by atoms with E-state index in [0.29, 0.717) is 10.4 Å². The van der Waals surface area contributed by atoms with Gasteiger partial charge in [0.25, 0.3) is 5.91 Å². The number of nitrogens with zero attached hydrogens (tertiary/aromatic N) is 2. The molecule has 0 aliphatic carbocycles. The lowest BCUT2D eigenvalue weighted by molar-refractivity contribution is -0.137. The second kappa shape index (κ2) is 8.74. The first-order valence-corrected chi connectivity index (χ1v) is 9.72. The number of amides is 1. The van der Waals surface area contributed by atoms with Crippen molar-refractivity contribution in [3.8, 4) is 5.75 Å². The van der Waals surface area contributed by atoms with Gasteiger partial charge in [0.15, 0.2) is 18.4 Å². The number of rotatable bonds is 6. The van der Waals surface area contributed by atoms with Crippen LogP contribution in [0.1, 0.15) is 15.9 Å². The molecule has 0 radical (unpaired) electrons. The molecule has 0 bridgehead atoms. The van der Waals surface area contributed by atoms with Crippen LogP contribution in [0, 0.1) is 11.6 Å². The van der Waals surface area contributed by atoms with E-state index in [1.807, 2.05) is 0 Å². The fourth-order valence-corrected chi connectivity index (χ4v) is 3.29. The third-order valence-corrected chi connectivity index (χ3v) is 5.82. The summed E-state index contributed by atoms with van der Waals surface area (Å²) in [4.78, 5) is 12.6. The van der Waals surface area contributed by atoms with E-state index in [-0.39, 0.29) is 4.31 Å². The highest BCUT2D eigenvalue weighted by Crippen LogP contribution is 2.36. The van der Waals surface area contributed by atoms with Gasteiger partial charge in [-0.1, -0.05) is 17.7 Å². The second-order valence-electron chi connectivity index (χ2n) is 5.96. The Labute approximate surface area is 173 Å². The van der Waals surface area contributed by atoms with E-state index in [1.54, 1.807) is 0 Å². The zero-order valence-electron chi connectivity index (χ0n) is 15.4. The maximum absolute atomic E-state index is 14.0. The minimum Gasteiger partial charge on any atom is -0.472 e. The van der Waals surface area contributed by atoms with Crippen molar-refractivity contribution < 1.29 is 39.9 Å². The number of alkyl halides is 3. The minimum atomic E-state index is -4.81. The lowest BCUT2D eigenvalue weighted by atomic mass is 10.2. The fourth-order valence-electron chi connectivity index (χ4n) is 2.18. The summed E-state index contributed by atoms with van der Waals surface area (Å²) in [6.07, 6.45) is -4.81. The van der Waals surface area contributed by atoms with Crippen LogP contribution in [0.15, 0.2) is 36.4 Å². The lowest BCUT2D eigenvalue weighted by Crippen LogP contribution is -2.46.